The van der Waals surface area contributed by atoms with Crippen molar-refractivity contribution in [2.45, 2.75) is 0 Å². The molecule has 0 bridgehead atoms. The van der Waals surface area contributed by atoms with Crippen LogP contribution < -0.4 is 15.4 Å². The molecule has 0 aliphatic carbocycles. The standard InChI is InChI=1S/C15H12Cl2N2O2S/c1-21-11-4-2-3-10(8-11)18-15(22)19-14(20)12-6-5-9(16)7-13(12)17/h2-8H,1H3,(H2,18,19,20,22). The molecular formula is C15H12Cl2N2O2S. The van der Waals surface area contributed by atoms with Crippen molar-refractivity contribution in [3.63, 3.8) is 0 Å². The molecule has 0 radical (unpaired) electrons. The normalized spacial score (nSPS) is 9.95. The molecule has 22 heavy (non-hydrogen) atoms. The van der Waals surface area contributed by atoms with Gasteiger partial charge in [0.1, 0.15) is 5.75 Å². The molecule has 0 unspecified atom stereocenters. The summed E-state index contributed by atoms with van der Waals surface area (Å²) in [5.74, 6) is 0.266. The van der Waals surface area contributed by atoms with Crippen LogP contribution in [0, 0.1) is 0 Å². The number of thiocarbonyl (C=S) groups is 1. The summed E-state index contributed by atoms with van der Waals surface area (Å²) in [5, 5.41) is 6.33. The monoisotopic (exact) mass is 354 g/mol. The van der Waals surface area contributed by atoms with Crippen molar-refractivity contribution in [1.82, 2.24) is 5.32 Å². The number of rotatable bonds is 3. The van der Waals surface area contributed by atoms with Crippen LogP contribution in [0.1, 0.15) is 10.4 Å². The summed E-state index contributed by atoms with van der Waals surface area (Å²) < 4.78 is 5.11. The summed E-state index contributed by atoms with van der Waals surface area (Å²) in [6, 6.07) is 11.8. The van der Waals surface area contributed by atoms with Crippen LogP contribution in [-0.2, 0) is 0 Å². The van der Waals surface area contributed by atoms with Crippen molar-refractivity contribution in [3.05, 3.63) is 58.1 Å². The van der Waals surface area contributed by atoms with E-state index in [-0.39, 0.29) is 10.1 Å². The number of nitrogens with one attached hydrogen (secondary N) is 2. The van der Waals surface area contributed by atoms with Gasteiger partial charge in [0.2, 0.25) is 0 Å². The van der Waals surface area contributed by atoms with Crippen LogP contribution >= 0.6 is 35.4 Å². The molecule has 0 saturated carbocycles. The quantitative estimate of drug-likeness (QED) is 0.813. The maximum absolute atomic E-state index is 12.1. The third-order valence-electron chi connectivity index (χ3n) is 2.73. The first-order chi connectivity index (χ1) is 10.5. The second-order valence-electron chi connectivity index (χ2n) is 4.26. The number of methoxy groups -OCH3 is 1. The van der Waals surface area contributed by atoms with Gasteiger partial charge in [-0.1, -0.05) is 29.3 Å². The molecule has 0 aliphatic heterocycles. The van der Waals surface area contributed by atoms with Gasteiger partial charge in [-0.15, -0.1) is 0 Å². The molecule has 114 valence electrons. The van der Waals surface area contributed by atoms with Gasteiger partial charge in [-0.05, 0) is 42.5 Å². The number of halogens is 2. The summed E-state index contributed by atoms with van der Waals surface area (Å²) in [5.41, 5.74) is 0.993. The number of ether oxygens (including phenoxy) is 1. The Morgan fingerprint density at radius 3 is 2.64 bits per heavy atom. The maximum atomic E-state index is 12.1. The van der Waals surface area contributed by atoms with Gasteiger partial charge >= 0.3 is 0 Å². The predicted molar refractivity (Wildman–Crippen MR) is 93.1 cm³/mol. The highest BCUT2D eigenvalue weighted by Crippen LogP contribution is 2.21. The van der Waals surface area contributed by atoms with Crippen LogP contribution in [0.3, 0.4) is 0 Å². The molecule has 4 nitrogen and oxygen atoms in total. The summed E-state index contributed by atoms with van der Waals surface area (Å²) in [6.07, 6.45) is 0. The molecule has 0 spiro atoms. The van der Waals surface area contributed by atoms with Crippen molar-refractivity contribution >= 4 is 52.1 Å². The highest BCUT2D eigenvalue weighted by molar-refractivity contribution is 7.80. The summed E-state index contributed by atoms with van der Waals surface area (Å²) in [4.78, 5) is 12.1. The minimum atomic E-state index is -0.415. The van der Waals surface area contributed by atoms with E-state index >= 15 is 0 Å². The van der Waals surface area contributed by atoms with E-state index in [4.69, 9.17) is 40.2 Å². The highest BCUT2D eigenvalue weighted by atomic mass is 35.5. The van der Waals surface area contributed by atoms with Gasteiger partial charge in [0.05, 0.1) is 17.7 Å². The molecule has 1 amide bonds. The zero-order chi connectivity index (χ0) is 16.1. The lowest BCUT2D eigenvalue weighted by atomic mass is 10.2. The molecule has 0 fully saturated rings. The van der Waals surface area contributed by atoms with Crippen LogP contribution in [0.15, 0.2) is 42.5 Å². The third kappa shape index (κ3) is 4.34. The average Bonchev–Trinajstić information content (AvgIpc) is 2.47. The van der Waals surface area contributed by atoms with Crippen molar-refractivity contribution < 1.29 is 9.53 Å². The number of carbonyl (C=O) groups excluding carboxylic acids is 1. The van der Waals surface area contributed by atoms with Crippen molar-refractivity contribution in [3.8, 4) is 5.75 Å². The van der Waals surface area contributed by atoms with Crippen molar-refractivity contribution in [1.29, 1.82) is 0 Å². The topological polar surface area (TPSA) is 50.4 Å². The van der Waals surface area contributed by atoms with E-state index in [0.717, 1.165) is 0 Å². The van der Waals surface area contributed by atoms with Crippen LogP contribution in [0.2, 0.25) is 10.0 Å². The van der Waals surface area contributed by atoms with Crippen LogP contribution in [-0.4, -0.2) is 18.1 Å². The second-order valence-corrected chi connectivity index (χ2v) is 5.52. The number of hydrogen-bond acceptors (Lipinski definition) is 3. The van der Waals surface area contributed by atoms with Gasteiger partial charge in [0, 0.05) is 16.8 Å². The highest BCUT2D eigenvalue weighted by Gasteiger charge is 2.12. The summed E-state index contributed by atoms with van der Waals surface area (Å²) >= 11 is 16.9. The van der Waals surface area contributed by atoms with E-state index < -0.39 is 5.91 Å². The van der Waals surface area contributed by atoms with Crippen molar-refractivity contribution in [2.24, 2.45) is 0 Å². The minimum Gasteiger partial charge on any atom is -0.497 e. The Morgan fingerprint density at radius 1 is 1.18 bits per heavy atom. The molecule has 2 rings (SSSR count). The molecule has 0 saturated heterocycles. The minimum absolute atomic E-state index is 0.157. The van der Waals surface area contributed by atoms with E-state index in [2.05, 4.69) is 10.6 Å². The third-order valence-corrected chi connectivity index (χ3v) is 3.48. The second kappa shape index (κ2) is 7.45. The fraction of sp³-hybridized carbons (Fsp3) is 0.0667. The van der Waals surface area contributed by atoms with Crippen LogP contribution in [0.4, 0.5) is 5.69 Å². The smallest absolute Gasteiger partial charge is 0.258 e. The molecular weight excluding hydrogens is 343 g/mol. The lowest BCUT2D eigenvalue weighted by molar-refractivity contribution is 0.0978. The van der Waals surface area contributed by atoms with E-state index in [1.807, 2.05) is 6.07 Å². The fourth-order valence-electron chi connectivity index (χ4n) is 1.71. The van der Waals surface area contributed by atoms with Gasteiger partial charge in [-0.2, -0.15) is 0 Å². The first-order valence-corrected chi connectivity index (χ1v) is 7.37. The van der Waals surface area contributed by atoms with Gasteiger partial charge in [0.15, 0.2) is 5.11 Å². The number of anilines is 1. The summed E-state index contributed by atoms with van der Waals surface area (Å²) in [6.45, 7) is 0. The van der Waals surface area contributed by atoms with Crippen LogP contribution in [0.25, 0.3) is 0 Å². The summed E-state index contributed by atoms with van der Waals surface area (Å²) in [7, 11) is 1.57. The lowest BCUT2D eigenvalue weighted by Gasteiger charge is -2.11. The number of benzene rings is 2. The predicted octanol–water partition coefficient (Wildman–Crippen LogP) is 4.13. The van der Waals surface area contributed by atoms with Crippen LogP contribution in [0.5, 0.6) is 5.75 Å². The maximum Gasteiger partial charge on any atom is 0.258 e. The number of hydrogen-bond donors (Lipinski definition) is 2. The molecule has 0 aliphatic rings. The Kier molecular flexibility index (Phi) is 5.60. The molecule has 7 heteroatoms. The zero-order valence-electron chi connectivity index (χ0n) is 11.5. The van der Waals surface area contributed by atoms with E-state index in [9.17, 15) is 4.79 Å². The lowest BCUT2D eigenvalue weighted by Crippen LogP contribution is -2.34. The Hall–Kier alpha value is -1.82. The van der Waals surface area contributed by atoms with E-state index in [0.29, 0.717) is 22.0 Å². The molecule has 0 atom stereocenters. The zero-order valence-corrected chi connectivity index (χ0v) is 13.9. The Balaban J connectivity index is 2.03. The first kappa shape index (κ1) is 16.5. The Bertz CT molecular complexity index is 722. The largest absolute Gasteiger partial charge is 0.497 e. The van der Waals surface area contributed by atoms with Gasteiger partial charge in [-0.3, -0.25) is 10.1 Å². The molecule has 2 N–H and O–H groups in total. The van der Waals surface area contributed by atoms with E-state index in [1.165, 1.54) is 12.1 Å². The first-order valence-electron chi connectivity index (χ1n) is 6.21. The van der Waals surface area contributed by atoms with Gasteiger partial charge in [-0.25, -0.2) is 0 Å². The Morgan fingerprint density at radius 2 is 1.95 bits per heavy atom. The van der Waals surface area contributed by atoms with Gasteiger partial charge in [0.25, 0.3) is 5.91 Å². The van der Waals surface area contributed by atoms with Crippen molar-refractivity contribution in [2.75, 3.05) is 12.4 Å². The molecule has 2 aromatic rings. The number of carbonyl (C=O) groups is 1. The van der Waals surface area contributed by atoms with E-state index in [1.54, 1.807) is 31.4 Å². The SMILES string of the molecule is COc1cccc(NC(=S)NC(=O)c2ccc(Cl)cc2Cl)c1. The fourth-order valence-corrected chi connectivity index (χ4v) is 2.41. The molecule has 2 aromatic carbocycles. The van der Waals surface area contributed by atoms with Gasteiger partial charge < -0.3 is 10.1 Å². The molecule has 0 aromatic heterocycles. The average molecular weight is 355 g/mol. The Labute approximate surface area is 143 Å². The number of amides is 1. The molecule has 0 heterocycles.